The third-order valence-corrected chi connectivity index (χ3v) is 4.67. The van der Waals surface area contributed by atoms with Crippen LogP contribution in [0.5, 0.6) is 0 Å². The molecule has 5 nitrogen and oxygen atoms in total. The molecule has 126 valence electrons. The number of nitrogens with one attached hydrogen (secondary N) is 1. The second-order valence-electron chi connectivity index (χ2n) is 6.16. The van der Waals surface area contributed by atoms with Crippen LogP contribution in [0.15, 0.2) is 83.5 Å². The zero-order valence-corrected chi connectivity index (χ0v) is 13.8. The van der Waals surface area contributed by atoms with E-state index >= 15 is 0 Å². The summed E-state index contributed by atoms with van der Waals surface area (Å²) in [5.41, 5.74) is 3.90. The summed E-state index contributed by atoms with van der Waals surface area (Å²) in [5.74, 6) is 0.552. The Bertz CT molecular complexity index is 1050. The van der Waals surface area contributed by atoms with Crippen molar-refractivity contribution in [3.05, 3.63) is 95.9 Å². The van der Waals surface area contributed by atoms with Gasteiger partial charge < -0.3 is 4.42 Å². The lowest BCUT2D eigenvalue weighted by Gasteiger charge is -2.26. The fraction of sp³-hybridized carbons (Fsp3) is 0.0476. The molecule has 1 aliphatic heterocycles. The number of fused-ring (bicyclic) bond motifs is 1. The van der Waals surface area contributed by atoms with Gasteiger partial charge in [0.2, 0.25) is 0 Å². The molecule has 4 aromatic rings. The molecule has 0 saturated heterocycles. The Morgan fingerprint density at radius 1 is 0.923 bits per heavy atom. The number of carbonyl (C=O) groups excluding carboxylic acids is 1. The van der Waals surface area contributed by atoms with Crippen LogP contribution in [0.3, 0.4) is 0 Å². The minimum atomic E-state index is -0.264. The van der Waals surface area contributed by atoms with E-state index in [1.165, 1.54) is 0 Å². The number of nitrogens with zero attached hydrogens (tertiary/aromatic N) is 2. The molecule has 2 aromatic carbocycles. The second-order valence-corrected chi connectivity index (χ2v) is 6.16. The summed E-state index contributed by atoms with van der Waals surface area (Å²) in [5, 5.41) is 7.30. The molecule has 0 radical (unpaired) electrons. The van der Waals surface area contributed by atoms with E-state index < -0.39 is 0 Å². The van der Waals surface area contributed by atoms with Gasteiger partial charge in [0, 0.05) is 11.3 Å². The molecule has 5 heteroatoms. The number of amides is 1. The summed E-state index contributed by atoms with van der Waals surface area (Å²) in [4.78, 5) is 15.0. The number of rotatable bonds is 3. The van der Waals surface area contributed by atoms with E-state index in [0.717, 1.165) is 22.5 Å². The normalized spacial score (nSPS) is 16.1. The number of H-pyrrole nitrogens is 1. The maximum atomic E-state index is 13.2. The Morgan fingerprint density at radius 2 is 1.65 bits per heavy atom. The van der Waals surface area contributed by atoms with Crippen molar-refractivity contribution in [2.45, 2.75) is 6.04 Å². The summed E-state index contributed by atoms with van der Waals surface area (Å²) >= 11 is 0. The summed E-state index contributed by atoms with van der Waals surface area (Å²) in [6, 6.07) is 23.1. The standard InChI is InChI=1S/C21H15N3O2/c25-21-19-17(18(22-23-19)16-12-7-13-26-16)20(14-8-3-1-4-9-14)24(21)15-10-5-2-6-11-15/h1-13,20H,(H,22,23). The monoisotopic (exact) mass is 341 g/mol. The molecule has 0 spiro atoms. The lowest BCUT2D eigenvalue weighted by molar-refractivity contribution is 0.0989. The number of hydrogen-bond acceptors (Lipinski definition) is 3. The Labute approximate surface area is 149 Å². The molecule has 0 aliphatic carbocycles. The number of anilines is 1. The van der Waals surface area contributed by atoms with Crippen LogP contribution in [0.25, 0.3) is 11.5 Å². The van der Waals surface area contributed by atoms with Gasteiger partial charge in [0.05, 0.1) is 12.3 Å². The van der Waals surface area contributed by atoms with Crippen molar-refractivity contribution in [1.29, 1.82) is 0 Å². The number of hydrogen-bond donors (Lipinski definition) is 1. The van der Waals surface area contributed by atoms with Gasteiger partial charge in [-0.2, -0.15) is 5.10 Å². The molecule has 1 N–H and O–H groups in total. The van der Waals surface area contributed by atoms with Gasteiger partial charge in [-0.1, -0.05) is 48.5 Å². The Kier molecular flexibility index (Phi) is 3.25. The summed E-state index contributed by atoms with van der Waals surface area (Å²) < 4.78 is 5.56. The molecular formula is C21H15N3O2. The van der Waals surface area contributed by atoms with Crippen LogP contribution < -0.4 is 4.90 Å². The SMILES string of the molecule is O=C1c2n[nH]c(-c3ccco3)c2C(c2ccccc2)N1c1ccccc1. The van der Waals surface area contributed by atoms with Crippen molar-refractivity contribution in [2.24, 2.45) is 0 Å². The van der Waals surface area contributed by atoms with E-state index in [4.69, 9.17) is 4.42 Å². The lowest BCUT2D eigenvalue weighted by Crippen LogP contribution is -2.29. The number of carbonyl (C=O) groups is 1. The maximum Gasteiger partial charge on any atom is 0.280 e. The number of furan rings is 1. The summed E-state index contributed by atoms with van der Waals surface area (Å²) in [7, 11) is 0. The minimum Gasteiger partial charge on any atom is -0.463 e. The van der Waals surface area contributed by atoms with Crippen molar-refractivity contribution >= 4 is 11.6 Å². The van der Waals surface area contributed by atoms with E-state index in [2.05, 4.69) is 10.2 Å². The van der Waals surface area contributed by atoms with E-state index in [1.54, 1.807) is 11.2 Å². The highest BCUT2D eigenvalue weighted by molar-refractivity contribution is 6.11. The Hall–Kier alpha value is -3.60. The number of para-hydroxylation sites is 1. The van der Waals surface area contributed by atoms with Gasteiger partial charge in [0.15, 0.2) is 11.5 Å². The fourth-order valence-corrected chi connectivity index (χ4v) is 3.55. The Balaban J connectivity index is 1.75. The lowest BCUT2D eigenvalue weighted by atomic mass is 9.98. The fourth-order valence-electron chi connectivity index (χ4n) is 3.55. The van der Waals surface area contributed by atoms with Crippen LogP contribution in [-0.4, -0.2) is 16.1 Å². The molecule has 1 atom stereocenters. The highest BCUT2D eigenvalue weighted by Gasteiger charge is 2.43. The molecule has 0 saturated carbocycles. The van der Waals surface area contributed by atoms with Gasteiger partial charge in [-0.15, -0.1) is 0 Å². The van der Waals surface area contributed by atoms with Gasteiger partial charge in [-0.25, -0.2) is 0 Å². The van der Waals surface area contributed by atoms with Crippen molar-refractivity contribution in [3.63, 3.8) is 0 Å². The van der Waals surface area contributed by atoms with E-state index in [0.29, 0.717) is 11.5 Å². The molecular weight excluding hydrogens is 326 g/mol. The van der Waals surface area contributed by atoms with Crippen molar-refractivity contribution in [1.82, 2.24) is 10.2 Å². The molecule has 3 heterocycles. The van der Waals surface area contributed by atoms with Crippen LogP contribution in [0, 0.1) is 0 Å². The van der Waals surface area contributed by atoms with Gasteiger partial charge >= 0.3 is 0 Å². The first-order valence-electron chi connectivity index (χ1n) is 8.40. The molecule has 0 bridgehead atoms. The second kappa shape index (κ2) is 5.74. The largest absolute Gasteiger partial charge is 0.463 e. The molecule has 1 unspecified atom stereocenters. The van der Waals surface area contributed by atoms with Crippen molar-refractivity contribution in [3.8, 4) is 11.5 Å². The molecule has 2 aromatic heterocycles. The predicted molar refractivity (Wildman–Crippen MR) is 97.8 cm³/mol. The molecule has 5 rings (SSSR count). The minimum absolute atomic E-state index is 0.117. The highest BCUT2D eigenvalue weighted by atomic mass is 16.3. The van der Waals surface area contributed by atoms with Gasteiger partial charge in [-0.05, 0) is 29.8 Å². The van der Waals surface area contributed by atoms with Gasteiger partial charge in [-0.3, -0.25) is 14.8 Å². The number of aromatic nitrogens is 2. The van der Waals surface area contributed by atoms with Crippen LogP contribution in [0.1, 0.15) is 27.7 Å². The van der Waals surface area contributed by atoms with Crippen molar-refractivity contribution < 1.29 is 9.21 Å². The summed E-state index contributed by atoms with van der Waals surface area (Å²) in [6.07, 6.45) is 1.62. The van der Waals surface area contributed by atoms with Crippen LogP contribution in [0.4, 0.5) is 5.69 Å². The van der Waals surface area contributed by atoms with E-state index in [1.807, 2.05) is 72.8 Å². The van der Waals surface area contributed by atoms with Gasteiger partial charge in [0.1, 0.15) is 5.69 Å². The Morgan fingerprint density at radius 3 is 2.35 bits per heavy atom. The first-order valence-corrected chi connectivity index (χ1v) is 8.40. The van der Waals surface area contributed by atoms with Crippen LogP contribution >= 0.6 is 0 Å². The quantitative estimate of drug-likeness (QED) is 0.600. The average molecular weight is 341 g/mol. The van der Waals surface area contributed by atoms with E-state index in [-0.39, 0.29) is 11.9 Å². The van der Waals surface area contributed by atoms with Gasteiger partial charge in [0.25, 0.3) is 5.91 Å². The molecule has 1 amide bonds. The first kappa shape index (κ1) is 14.7. The van der Waals surface area contributed by atoms with Crippen LogP contribution in [-0.2, 0) is 0 Å². The van der Waals surface area contributed by atoms with E-state index in [9.17, 15) is 4.79 Å². The molecule has 0 fully saturated rings. The third-order valence-electron chi connectivity index (χ3n) is 4.67. The third kappa shape index (κ3) is 2.10. The topological polar surface area (TPSA) is 62.1 Å². The zero-order chi connectivity index (χ0) is 17.5. The zero-order valence-electron chi connectivity index (χ0n) is 13.8. The number of benzene rings is 2. The molecule has 26 heavy (non-hydrogen) atoms. The predicted octanol–water partition coefficient (Wildman–Crippen LogP) is 4.42. The first-order chi connectivity index (χ1) is 12.8. The van der Waals surface area contributed by atoms with Crippen molar-refractivity contribution in [2.75, 3.05) is 4.90 Å². The average Bonchev–Trinajstić information content (AvgIpc) is 3.40. The summed E-state index contributed by atoms with van der Waals surface area (Å²) in [6.45, 7) is 0. The molecule has 1 aliphatic rings. The van der Waals surface area contributed by atoms with Crippen LogP contribution in [0.2, 0.25) is 0 Å². The highest BCUT2D eigenvalue weighted by Crippen LogP contribution is 2.44. The maximum absolute atomic E-state index is 13.2. The number of aromatic amines is 1. The smallest absolute Gasteiger partial charge is 0.280 e.